The molecule has 0 saturated carbocycles. The molecule has 5 rings (SSSR count). The summed E-state index contributed by atoms with van der Waals surface area (Å²) in [7, 11) is -19.3. The van der Waals surface area contributed by atoms with E-state index in [0.717, 1.165) is 84.6 Å². The van der Waals surface area contributed by atoms with E-state index in [9.17, 15) is 87.1 Å². The van der Waals surface area contributed by atoms with Gasteiger partial charge in [-0.25, -0.2) is 0 Å². The third kappa shape index (κ3) is 9.76. The molecule has 29 heteroatoms. The molecule has 0 spiro atoms. The third-order valence-electron chi connectivity index (χ3n) is 9.34. The minimum absolute atomic E-state index is 0.0199. The molecule has 0 saturated heterocycles. The van der Waals surface area contributed by atoms with E-state index < -0.39 is 102 Å². The first-order chi connectivity index (χ1) is 31.4. The first-order valence-corrected chi connectivity index (χ1v) is 26.5. The Bertz CT molecular complexity index is 2820. The van der Waals surface area contributed by atoms with Crippen LogP contribution in [0.2, 0.25) is 0 Å². The van der Waals surface area contributed by atoms with Crippen LogP contribution < -0.4 is 0 Å². The Kier molecular flexibility index (Phi) is 15.4. The van der Waals surface area contributed by atoms with Crippen molar-refractivity contribution < 1.29 is 102 Å². The quantitative estimate of drug-likeness (QED) is 0.0677. The number of halogens is 19. The molecular weight excluding hydrogens is 1170 g/mol. The number of benzene rings is 5. The molecule has 380 valence electrons. The zero-order valence-electron chi connectivity index (χ0n) is 33.9. The van der Waals surface area contributed by atoms with Gasteiger partial charge in [-0.3, -0.25) is 0 Å². The van der Waals surface area contributed by atoms with Gasteiger partial charge in [0.1, 0.15) is 0 Å². The van der Waals surface area contributed by atoms with E-state index in [1.807, 2.05) is 0 Å². The molecule has 0 unspecified atom stereocenters. The van der Waals surface area contributed by atoms with Crippen molar-refractivity contribution in [2.45, 2.75) is 84.9 Å². The van der Waals surface area contributed by atoms with E-state index in [1.165, 1.54) is 68.4 Å². The first kappa shape index (κ1) is 56.0. The van der Waals surface area contributed by atoms with Gasteiger partial charge in [0.05, 0.1) is 0 Å². The van der Waals surface area contributed by atoms with Gasteiger partial charge in [-0.1, -0.05) is 36.4 Å². The summed E-state index contributed by atoms with van der Waals surface area (Å²) in [4.78, 5) is -0.871. The molecule has 0 heterocycles. The van der Waals surface area contributed by atoms with Gasteiger partial charge in [0.2, 0.25) is 0 Å². The standard InChI is InChI=1S/C40H27F18IO6S4/c1-24-10-6-8-14-31(24)67(32-15-9-7-11-25(32)2,65-69(62,63)40(57,58)36(47,48)34(43,44)38(52,53)54)30-22-20-29(21-23-30)66-28-18-16-27(17-19-28)59(26-12-4-3-5-13-26)64-68(60,61)39(55,56)35(45,46)33(41,42)37(49,50)51/h3-23H,1-2H3. The van der Waals surface area contributed by atoms with Gasteiger partial charge in [0.15, 0.2) is 0 Å². The topological polar surface area (TPSA) is 86.7 Å². The Labute approximate surface area is 393 Å². The van der Waals surface area contributed by atoms with Gasteiger partial charge >= 0.3 is 297 Å². The van der Waals surface area contributed by atoms with Crippen LogP contribution in [-0.2, 0) is 26.4 Å². The van der Waals surface area contributed by atoms with Gasteiger partial charge in [0, 0.05) is 0 Å². The van der Waals surface area contributed by atoms with Crippen molar-refractivity contribution in [3.05, 3.63) is 146 Å². The molecule has 0 aliphatic rings. The van der Waals surface area contributed by atoms with E-state index in [0.29, 0.717) is 0 Å². The first-order valence-electron chi connectivity index (χ1n) is 18.2. The molecule has 5 aromatic carbocycles. The van der Waals surface area contributed by atoms with Crippen molar-refractivity contribution >= 4 is 62.5 Å². The fourth-order valence-corrected chi connectivity index (χ4v) is 19.2. The van der Waals surface area contributed by atoms with E-state index in [4.69, 9.17) is 3.63 Å². The fourth-order valence-electron chi connectivity index (χ4n) is 5.76. The van der Waals surface area contributed by atoms with Crippen LogP contribution in [0.25, 0.3) is 0 Å². The van der Waals surface area contributed by atoms with Crippen LogP contribution in [0.5, 0.6) is 0 Å². The second-order valence-corrected chi connectivity index (χ2v) is 26.1. The van der Waals surface area contributed by atoms with Crippen LogP contribution in [0.4, 0.5) is 79.0 Å². The molecule has 0 bridgehead atoms. The van der Waals surface area contributed by atoms with Crippen molar-refractivity contribution in [3.63, 3.8) is 0 Å². The van der Waals surface area contributed by atoms with Crippen molar-refractivity contribution in [2.24, 2.45) is 0 Å². The number of rotatable bonds is 17. The van der Waals surface area contributed by atoms with Crippen molar-refractivity contribution in [1.29, 1.82) is 0 Å². The molecule has 0 amide bonds. The van der Waals surface area contributed by atoms with E-state index in [1.54, 1.807) is 0 Å². The van der Waals surface area contributed by atoms with Crippen LogP contribution in [0.15, 0.2) is 152 Å². The molecule has 0 N–H and O–H groups in total. The summed E-state index contributed by atoms with van der Waals surface area (Å²) in [5, 5.41) is -14.4. The number of hydrogen-bond acceptors (Lipinski definition) is 7. The van der Waals surface area contributed by atoms with Gasteiger partial charge in [0.25, 0.3) is 0 Å². The fraction of sp³-hybridized carbons (Fsp3) is 0.250. The predicted molar refractivity (Wildman–Crippen MR) is 221 cm³/mol. The predicted octanol–water partition coefficient (Wildman–Crippen LogP) is 14.7. The SMILES string of the molecule is Cc1ccccc1S(OS(=O)(=O)C(F)(F)C(F)(F)C(F)(F)C(F)(F)F)(c1ccc(Sc2ccc(I(OS(=O)(=O)C(F)(F)C(F)(F)C(F)(F)C(F)(F)F)c3ccccc3)cc2)cc1)c1ccccc1C. The van der Waals surface area contributed by atoms with Gasteiger partial charge in [-0.2, -0.15) is 47.9 Å². The summed E-state index contributed by atoms with van der Waals surface area (Å²) >= 11 is -3.78. The maximum absolute atomic E-state index is 15.4. The number of aryl methyl sites for hydroxylation is 2. The summed E-state index contributed by atoms with van der Waals surface area (Å²) in [6.07, 6.45) is -14.7. The van der Waals surface area contributed by atoms with Crippen molar-refractivity contribution in [2.75, 3.05) is 0 Å². The second-order valence-electron chi connectivity index (χ2n) is 14.0. The van der Waals surface area contributed by atoms with Gasteiger partial charge < -0.3 is 0 Å². The Morgan fingerprint density at radius 2 is 0.768 bits per heavy atom. The molecule has 0 aliphatic heterocycles. The summed E-state index contributed by atoms with van der Waals surface area (Å²) < 4.78 is 312. The normalized spacial score (nSPS) is 14.7. The zero-order valence-corrected chi connectivity index (χ0v) is 39.3. The molecule has 0 fully saturated rings. The van der Waals surface area contributed by atoms with Gasteiger partial charge in [-0.05, 0) is 13.8 Å². The molecular formula is C40H27F18IO6S4. The maximum atomic E-state index is 15.4. The summed E-state index contributed by atoms with van der Waals surface area (Å²) in [6, 6.07) is 24.3. The molecule has 69 heavy (non-hydrogen) atoms. The van der Waals surface area contributed by atoms with Crippen LogP contribution in [0, 0.1) is 21.0 Å². The summed E-state index contributed by atoms with van der Waals surface area (Å²) in [5.74, 6) is -30.4. The third-order valence-corrected chi connectivity index (χ3v) is 23.2. The molecule has 0 aliphatic carbocycles. The summed E-state index contributed by atoms with van der Waals surface area (Å²) in [6.45, 7) is 2.56. The average molecular weight is 1200 g/mol. The van der Waals surface area contributed by atoms with E-state index >= 15 is 8.78 Å². The second kappa shape index (κ2) is 18.9. The van der Waals surface area contributed by atoms with Crippen LogP contribution in [-0.4, -0.2) is 63.4 Å². The molecule has 5 aromatic rings. The van der Waals surface area contributed by atoms with Crippen LogP contribution in [0.3, 0.4) is 0 Å². The molecule has 0 atom stereocenters. The smallest absolute Gasteiger partial charge is 0.0619 e. The number of alkyl halides is 18. The van der Waals surface area contributed by atoms with Gasteiger partial charge in [-0.15, -0.1) is 0 Å². The van der Waals surface area contributed by atoms with Crippen molar-refractivity contribution in [3.8, 4) is 0 Å². The molecule has 0 radical (unpaired) electrons. The van der Waals surface area contributed by atoms with Crippen LogP contribution >= 0.6 is 42.3 Å². The minimum atomic E-state index is -7.66. The Balaban J connectivity index is 1.58. The molecule has 6 nitrogen and oxygen atoms in total. The average Bonchev–Trinajstić information content (AvgIpc) is 3.25. The summed E-state index contributed by atoms with van der Waals surface area (Å²) in [5.41, 5.74) is 0.0397. The van der Waals surface area contributed by atoms with E-state index in [2.05, 4.69) is 2.51 Å². The zero-order chi connectivity index (χ0) is 52.2. The Morgan fingerprint density at radius 3 is 1.16 bits per heavy atom. The number of hydrogen-bond donors (Lipinski definition) is 0. The van der Waals surface area contributed by atoms with E-state index in [-0.39, 0.29) is 37.8 Å². The van der Waals surface area contributed by atoms with Crippen LogP contribution in [0.1, 0.15) is 11.1 Å². The minimum Gasteiger partial charge on any atom is -0.0619 e. The Morgan fingerprint density at radius 1 is 0.420 bits per heavy atom. The monoisotopic (exact) mass is 1200 g/mol. The van der Waals surface area contributed by atoms with Crippen molar-refractivity contribution in [1.82, 2.24) is 0 Å². The molecule has 0 aromatic heterocycles. The Hall–Kier alpha value is -3.91.